The van der Waals surface area contributed by atoms with Crippen LogP contribution in [-0.2, 0) is 18.3 Å². The molecular formula is C18H35N7O. The van der Waals surface area contributed by atoms with Gasteiger partial charge in [-0.25, -0.2) is 4.99 Å². The summed E-state index contributed by atoms with van der Waals surface area (Å²) in [5, 5.41) is 15.2. The second kappa shape index (κ2) is 11.9. The lowest BCUT2D eigenvalue weighted by atomic mass is 10.2. The maximum absolute atomic E-state index is 5.40. The van der Waals surface area contributed by atoms with Gasteiger partial charge >= 0.3 is 0 Å². The van der Waals surface area contributed by atoms with Gasteiger partial charge in [0.1, 0.15) is 12.4 Å². The first-order valence-electron chi connectivity index (χ1n) is 9.88. The standard InChI is InChI=1S/C18H35N7O/c1-4-5-6-7-8-19-18(20-9-10-25-11-13-26-14-12-25)21-15-17-23-22-16(2)24(17)3/h4-15H2,1-3H3,(H2,19,20,21). The summed E-state index contributed by atoms with van der Waals surface area (Å²) < 4.78 is 7.38. The topological polar surface area (TPSA) is 79.6 Å². The van der Waals surface area contributed by atoms with Crippen molar-refractivity contribution in [2.75, 3.05) is 45.9 Å². The number of aryl methyl sites for hydroxylation is 1. The van der Waals surface area contributed by atoms with Gasteiger partial charge in [0, 0.05) is 39.8 Å². The molecule has 0 aromatic carbocycles. The van der Waals surface area contributed by atoms with Gasteiger partial charge in [0.05, 0.1) is 13.2 Å². The van der Waals surface area contributed by atoms with Crippen LogP contribution in [0.5, 0.6) is 0 Å². The molecule has 8 nitrogen and oxygen atoms in total. The zero-order valence-corrected chi connectivity index (χ0v) is 16.6. The van der Waals surface area contributed by atoms with E-state index in [4.69, 9.17) is 9.73 Å². The minimum absolute atomic E-state index is 0.527. The van der Waals surface area contributed by atoms with Crippen molar-refractivity contribution in [3.63, 3.8) is 0 Å². The van der Waals surface area contributed by atoms with E-state index in [-0.39, 0.29) is 0 Å². The van der Waals surface area contributed by atoms with Crippen LogP contribution in [0.3, 0.4) is 0 Å². The van der Waals surface area contributed by atoms with Crippen LogP contribution in [0.25, 0.3) is 0 Å². The zero-order valence-electron chi connectivity index (χ0n) is 16.6. The van der Waals surface area contributed by atoms with Crippen molar-refractivity contribution in [1.82, 2.24) is 30.3 Å². The summed E-state index contributed by atoms with van der Waals surface area (Å²) in [5.74, 6) is 2.64. The fraction of sp³-hybridized carbons (Fsp3) is 0.833. The number of hydrogen-bond donors (Lipinski definition) is 2. The minimum atomic E-state index is 0.527. The van der Waals surface area contributed by atoms with E-state index in [1.807, 2.05) is 18.5 Å². The lowest BCUT2D eigenvalue weighted by Gasteiger charge is -2.26. The Labute approximate surface area is 157 Å². The number of ether oxygens (including phenoxy) is 1. The number of guanidine groups is 1. The molecule has 0 saturated carbocycles. The summed E-state index contributed by atoms with van der Waals surface area (Å²) in [4.78, 5) is 7.11. The molecule has 148 valence electrons. The van der Waals surface area contributed by atoms with Crippen LogP contribution in [0.1, 0.15) is 44.3 Å². The first-order valence-corrected chi connectivity index (χ1v) is 9.88. The van der Waals surface area contributed by atoms with Crippen molar-refractivity contribution in [3.05, 3.63) is 11.6 Å². The van der Waals surface area contributed by atoms with Gasteiger partial charge in [0.25, 0.3) is 0 Å². The molecule has 0 amide bonds. The van der Waals surface area contributed by atoms with E-state index < -0.39 is 0 Å². The predicted molar refractivity (Wildman–Crippen MR) is 104 cm³/mol. The number of nitrogens with zero attached hydrogens (tertiary/aromatic N) is 5. The molecule has 2 N–H and O–H groups in total. The smallest absolute Gasteiger partial charge is 0.191 e. The van der Waals surface area contributed by atoms with Gasteiger partial charge in [-0.2, -0.15) is 0 Å². The third-order valence-electron chi connectivity index (χ3n) is 4.71. The monoisotopic (exact) mass is 365 g/mol. The van der Waals surface area contributed by atoms with E-state index in [0.29, 0.717) is 6.54 Å². The van der Waals surface area contributed by atoms with Crippen LogP contribution in [0.15, 0.2) is 4.99 Å². The first kappa shape index (κ1) is 20.6. The second-order valence-corrected chi connectivity index (χ2v) is 6.76. The summed E-state index contributed by atoms with van der Waals surface area (Å²) in [6.07, 6.45) is 4.97. The fourth-order valence-corrected chi connectivity index (χ4v) is 2.83. The molecule has 2 rings (SSSR count). The average Bonchev–Trinajstić information content (AvgIpc) is 2.98. The number of rotatable bonds is 10. The molecule has 1 aromatic rings. The number of unbranched alkanes of at least 4 members (excludes halogenated alkanes) is 3. The highest BCUT2D eigenvalue weighted by Crippen LogP contribution is 2.00. The van der Waals surface area contributed by atoms with Gasteiger partial charge in [0.2, 0.25) is 0 Å². The van der Waals surface area contributed by atoms with Crippen molar-refractivity contribution in [2.45, 2.75) is 46.1 Å². The summed E-state index contributed by atoms with van der Waals surface area (Å²) >= 11 is 0. The Bertz CT molecular complexity index is 538. The number of aromatic nitrogens is 3. The van der Waals surface area contributed by atoms with Crippen LogP contribution in [0, 0.1) is 6.92 Å². The third kappa shape index (κ3) is 7.29. The maximum Gasteiger partial charge on any atom is 0.191 e. The molecule has 8 heteroatoms. The molecule has 0 radical (unpaired) electrons. The molecule has 0 bridgehead atoms. The molecule has 0 unspecified atom stereocenters. The normalized spacial score (nSPS) is 16.0. The predicted octanol–water partition coefficient (Wildman–Crippen LogP) is 1.07. The molecule has 1 aromatic heterocycles. The second-order valence-electron chi connectivity index (χ2n) is 6.76. The third-order valence-corrected chi connectivity index (χ3v) is 4.71. The average molecular weight is 366 g/mol. The van der Waals surface area contributed by atoms with Crippen molar-refractivity contribution in [2.24, 2.45) is 12.0 Å². The first-order chi connectivity index (χ1) is 12.7. The summed E-state index contributed by atoms with van der Waals surface area (Å²) in [7, 11) is 1.98. The Morgan fingerprint density at radius 1 is 1.12 bits per heavy atom. The van der Waals surface area contributed by atoms with Gasteiger partial charge < -0.3 is 19.9 Å². The highest BCUT2D eigenvalue weighted by atomic mass is 16.5. The van der Waals surface area contributed by atoms with Crippen LogP contribution in [0.4, 0.5) is 0 Å². The summed E-state index contributed by atoms with van der Waals surface area (Å²) in [5.41, 5.74) is 0. The quantitative estimate of drug-likeness (QED) is 0.367. The van der Waals surface area contributed by atoms with E-state index in [1.165, 1.54) is 25.7 Å². The fourth-order valence-electron chi connectivity index (χ4n) is 2.83. The number of aliphatic imine (C=N–C) groups is 1. The van der Waals surface area contributed by atoms with E-state index >= 15 is 0 Å². The van der Waals surface area contributed by atoms with Crippen molar-refractivity contribution >= 4 is 5.96 Å². The van der Waals surface area contributed by atoms with Gasteiger partial charge in [-0.15, -0.1) is 10.2 Å². The summed E-state index contributed by atoms with van der Waals surface area (Å²) in [6, 6.07) is 0. The van der Waals surface area contributed by atoms with Crippen LogP contribution in [-0.4, -0.2) is 71.6 Å². The molecule has 1 aliphatic heterocycles. The Balaban J connectivity index is 1.81. The summed E-state index contributed by atoms with van der Waals surface area (Å²) in [6.45, 7) is 11.2. The minimum Gasteiger partial charge on any atom is -0.379 e. The van der Waals surface area contributed by atoms with E-state index in [9.17, 15) is 0 Å². The maximum atomic E-state index is 5.40. The largest absolute Gasteiger partial charge is 0.379 e. The Hall–Kier alpha value is -1.67. The molecular weight excluding hydrogens is 330 g/mol. The van der Waals surface area contributed by atoms with Gasteiger partial charge in [-0.1, -0.05) is 26.2 Å². The van der Waals surface area contributed by atoms with Crippen LogP contribution >= 0.6 is 0 Å². The van der Waals surface area contributed by atoms with Crippen molar-refractivity contribution in [1.29, 1.82) is 0 Å². The Morgan fingerprint density at radius 3 is 2.58 bits per heavy atom. The molecule has 1 saturated heterocycles. The number of nitrogens with one attached hydrogen (secondary N) is 2. The highest BCUT2D eigenvalue weighted by Gasteiger charge is 2.10. The molecule has 1 aliphatic rings. The molecule has 0 spiro atoms. The zero-order chi connectivity index (χ0) is 18.6. The van der Waals surface area contributed by atoms with Gasteiger partial charge in [-0.05, 0) is 13.3 Å². The number of morpholine rings is 1. The molecule has 0 aliphatic carbocycles. The molecule has 26 heavy (non-hydrogen) atoms. The lowest BCUT2D eigenvalue weighted by molar-refractivity contribution is 0.0389. The van der Waals surface area contributed by atoms with E-state index in [1.54, 1.807) is 0 Å². The lowest BCUT2D eigenvalue weighted by Crippen LogP contribution is -2.44. The van der Waals surface area contributed by atoms with Crippen molar-refractivity contribution < 1.29 is 4.74 Å². The highest BCUT2D eigenvalue weighted by molar-refractivity contribution is 5.79. The van der Waals surface area contributed by atoms with Crippen LogP contribution < -0.4 is 10.6 Å². The molecule has 0 atom stereocenters. The van der Waals surface area contributed by atoms with Crippen LogP contribution in [0.2, 0.25) is 0 Å². The molecule has 1 fully saturated rings. The Morgan fingerprint density at radius 2 is 1.88 bits per heavy atom. The Kier molecular flexibility index (Phi) is 9.41. The van der Waals surface area contributed by atoms with E-state index in [0.717, 1.165) is 63.5 Å². The SMILES string of the molecule is CCCCCCNC(=NCc1nnc(C)n1C)NCCN1CCOCC1. The van der Waals surface area contributed by atoms with Gasteiger partial charge in [-0.3, -0.25) is 4.90 Å². The van der Waals surface area contributed by atoms with Crippen molar-refractivity contribution in [3.8, 4) is 0 Å². The van der Waals surface area contributed by atoms with E-state index in [2.05, 4.69) is 32.7 Å². The van der Waals surface area contributed by atoms with Gasteiger partial charge in [0.15, 0.2) is 11.8 Å². The molecule has 2 heterocycles. The number of hydrogen-bond acceptors (Lipinski definition) is 5.